The van der Waals surface area contributed by atoms with Gasteiger partial charge < -0.3 is 10.4 Å². The van der Waals surface area contributed by atoms with Crippen LogP contribution in [0, 0.1) is 10.1 Å². The molecule has 0 fully saturated rings. The number of halogens is 1. The number of carbonyl (C=O) groups excluding carboxylic acids is 2. The van der Waals surface area contributed by atoms with Crippen LogP contribution in [-0.4, -0.2) is 27.7 Å². The molecule has 150 valence electrons. The van der Waals surface area contributed by atoms with Crippen LogP contribution in [0.15, 0.2) is 66.7 Å². The summed E-state index contributed by atoms with van der Waals surface area (Å²) in [5, 5.41) is 23.1. The van der Waals surface area contributed by atoms with Gasteiger partial charge in [-0.15, -0.1) is 0 Å². The second-order valence-corrected chi connectivity index (χ2v) is 6.56. The molecule has 9 heteroatoms. The second kappa shape index (κ2) is 8.54. The minimum absolute atomic E-state index is 0.0205. The number of carboxylic acid groups (broad SMARTS) is 1. The Kier molecular flexibility index (Phi) is 5.89. The maximum Gasteiger partial charge on any atom is 0.338 e. The van der Waals surface area contributed by atoms with Crippen LogP contribution in [-0.2, 0) is 0 Å². The zero-order valence-corrected chi connectivity index (χ0v) is 15.9. The average molecular weight is 425 g/mol. The quantitative estimate of drug-likeness (QED) is 0.342. The standard InChI is InChI=1S/C21H13ClN2O6/c22-13-7-5-12(6-8-13)19(25)15-3-1-2-4-16(15)20(26)23-18-10-9-14(24(29)30)11-17(18)21(27)28/h1-11H,(H,23,26)(H,27,28). The highest BCUT2D eigenvalue weighted by molar-refractivity contribution is 6.30. The van der Waals surface area contributed by atoms with E-state index in [9.17, 15) is 29.6 Å². The molecule has 30 heavy (non-hydrogen) atoms. The number of hydrogen-bond donors (Lipinski definition) is 2. The van der Waals surface area contributed by atoms with Gasteiger partial charge in [-0.05, 0) is 36.4 Å². The first-order valence-corrected chi connectivity index (χ1v) is 8.88. The molecule has 3 aromatic rings. The number of benzene rings is 3. The van der Waals surface area contributed by atoms with Crippen LogP contribution < -0.4 is 5.32 Å². The van der Waals surface area contributed by atoms with Gasteiger partial charge in [0.05, 0.1) is 21.7 Å². The molecule has 0 atom stereocenters. The lowest BCUT2D eigenvalue weighted by Gasteiger charge is -2.11. The van der Waals surface area contributed by atoms with E-state index in [4.69, 9.17) is 11.6 Å². The summed E-state index contributed by atoms with van der Waals surface area (Å²) in [6.07, 6.45) is 0. The number of nitro groups is 1. The van der Waals surface area contributed by atoms with Crippen molar-refractivity contribution in [3.05, 3.63) is 104 Å². The Hall–Kier alpha value is -4.04. The van der Waals surface area contributed by atoms with Gasteiger partial charge in [0.25, 0.3) is 11.6 Å². The van der Waals surface area contributed by atoms with Crippen LogP contribution in [0.5, 0.6) is 0 Å². The monoisotopic (exact) mass is 424 g/mol. The molecule has 2 N–H and O–H groups in total. The summed E-state index contributed by atoms with van der Waals surface area (Å²) < 4.78 is 0. The highest BCUT2D eigenvalue weighted by Crippen LogP contribution is 2.24. The fraction of sp³-hybridized carbons (Fsp3) is 0. The lowest BCUT2D eigenvalue weighted by atomic mass is 9.97. The number of aromatic carboxylic acids is 1. The number of hydrogen-bond acceptors (Lipinski definition) is 5. The first-order valence-electron chi connectivity index (χ1n) is 8.50. The Balaban J connectivity index is 1.96. The minimum atomic E-state index is -1.44. The van der Waals surface area contributed by atoms with Crippen LogP contribution in [0.3, 0.4) is 0 Å². The highest BCUT2D eigenvalue weighted by Gasteiger charge is 2.21. The van der Waals surface area contributed by atoms with E-state index in [1.165, 1.54) is 24.3 Å². The maximum absolute atomic E-state index is 12.8. The smallest absolute Gasteiger partial charge is 0.338 e. The van der Waals surface area contributed by atoms with Crippen molar-refractivity contribution < 1.29 is 24.4 Å². The molecule has 3 aromatic carbocycles. The first kappa shape index (κ1) is 20.7. The molecule has 8 nitrogen and oxygen atoms in total. The molecule has 0 spiro atoms. The summed E-state index contributed by atoms with van der Waals surface area (Å²) in [5.41, 5.74) is -0.556. The maximum atomic E-state index is 12.8. The van der Waals surface area contributed by atoms with Gasteiger partial charge in [-0.3, -0.25) is 19.7 Å². The Bertz CT molecular complexity index is 1170. The van der Waals surface area contributed by atoms with Crippen LogP contribution in [0.2, 0.25) is 5.02 Å². The number of nitro benzene ring substituents is 1. The van der Waals surface area contributed by atoms with E-state index in [-0.39, 0.29) is 16.8 Å². The lowest BCUT2D eigenvalue weighted by Crippen LogP contribution is -2.18. The number of rotatable bonds is 6. The molecule has 3 rings (SSSR count). The molecule has 0 radical (unpaired) electrons. The summed E-state index contributed by atoms with van der Waals surface area (Å²) in [6.45, 7) is 0. The van der Waals surface area contributed by atoms with E-state index in [2.05, 4.69) is 5.32 Å². The topological polar surface area (TPSA) is 127 Å². The van der Waals surface area contributed by atoms with E-state index in [0.717, 1.165) is 18.2 Å². The molecule has 0 aromatic heterocycles. The van der Waals surface area contributed by atoms with Gasteiger partial charge >= 0.3 is 5.97 Å². The van der Waals surface area contributed by atoms with Crippen molar-refractivity contribution in [1.29, 1.82) is 0 Å². The van der Waals surface area contributed by atoms with Crippen LogP contribution in [0.25, 0.3) is 0 Å². The number of nitrogens with one attached hydrogen (secondary N) is 1. The Morgan fingerprint density at radius 1 is 0.900 bits per heavy atom. The van der Waals surface area contributed by atoms with Crippen molar-refractivity contribution in [3.8, 4) is 0 Å². The van der Waals surface area contributed by atoms with Crippen molar-refractivity contribution in [3.63, 3.8) is 0 Å². The minimum Gasteiger partial charge on any atom is -0.478 e. The van der Waals surface area contributed by atoms with Gasteiger partial charge in [-0.2, -0.15) is 0 Å². The van der Waals surface area contributed by atoms with Gasteiger partial charge in [0.1, 0.15) is 0 Å². The van der Waals surface area contributed by atoms with Crippen molar-refractivity contribution in [2.45, 2.75) is 0 Å². The average Bonchev–Trinajstić information content (AvgIpc) is 2.73. The Labute approximate surface area is 174 Å². The van der Waals surface area contributed by atoms with E-state index in [1.807, 2.05) is 0 Å². The highest BCUT2D eigenvalue weighted by atomic mass is 35.5. The molecule has 0 heterocycles. The Morgan fingerprint density at radius 3 is 2.13 bits per heavy atom. The van der Waals surface area contributed by atoms with Crippen molar-refractivity contribution in [1.82, 2.24) is 0 Å². The zero-order valence-electron chi connectivity index (χ0n) is 15.2. The summed E-state index contributed by atoms with van der Waals surface area (Å²) >= 11 is 5.84. The van der Waals surface area contributed by atoms with Crippen LogP contribution in [0.1, 0.15) is 36.6 Å². The number of carboxylic acids is 1. The fourth-order valence-electron chi connectivity index (χ4n) is 2.76. The number of carbonyl (C=O) groups is 3. The molecule has 0 unspecified atom stereocenters. The fourth-order valence-corrected chi connectivity index (χ4v) is 2.88. The first-order chi connectivity index (χ1) is 14.3. The second-order valence-electron chi connectivity index (χ2n) is 6.13. The van der Waals surface area contributed by atoms with Crippen LogP contribution in [0.4, 0.5) is 11.4 Å². The van der Waals surface area contributed by atoms with Gasteiger partial charge in [0, 0.05) is 28.3 Å². The number of non-ortho nitro benzene ring substituents is 1. The van der Waals surface area contributed by atoms with Crippen LogP contribution >= 0.6 is 11.6 Å². The number of amides is 1. The third-order valence-corrected chi connectivity index (χ3v) is 4.47. The number of ketones is 1. The van der Waals surface area contributed by atoms with E-state index >= 15 is 0 Å². The summed E-state index contributed by atoms with van der Waals surface area (Å²) in [6, 6.07) is 15.2. The summed E-state index contributed by atoms with van der Waals surface area (Å²) in [7, 11) is 0. The van der Waals surface area contributed by atoms with E-state index in [0.29, 0.717) is 10.6 Å². The summed E-state index contributed by atoms with van der Waals surface area (Å²) in [4.78, 5) is 47.3. The largest absolute Gasteiger partial charge is 0.478 e. The van der Waals surface area contributed by atoms with E-state index < -0.39 is 33.8 Å². The van der Waals surface area contributed by atoms with Gasteiger partial charge in [0.2, 0.25) is 0 Å². The number of anilines is 1. The number of nitrogens with zero attached hydrogens (tertiary/aromatic N) is 1. The van der Waals surface area contributed by atoms with Crippen molar-refractivity contribution in [2.24, 2.45) is 0 Å². The predicted molar refractivity (Wildman–Crippen MR) is 109 cm³/mol. The van der Waals surface area contributed by atoms with Gasteiger partial charge in [-0.25, -0.2) is 4.79 Å². The molecule has 0 bridgehead atoms. The molecule has 0 aliphatic rings. The molecule has 0 aliphatic carbocycles. The lowest BCUT2D eigenvalue weighted by molar-refractivity contribution is -0.384. The molecular weight excluding hydrogens is 412 g/mol. The predicted octanol–water partition coefficient (Wildman–Crippen LogP) is 4.43. The third-order valence-electron chi connectivity index (χ3n) is 4.22. The SMILES string of the molecule is O=C(O)c1cc([N+](=O)[O-])ccc1NC(=O)c1ccccc1C(=O)c1ccc(Cl)cc1. The molecule has 0 saturated carbocycles. The van der Waals surface area contributed by atoms with Crippen molar-refractivity contribution >= 4 is 40.6 Å². The summed E-state index contributed by atoms with van der Waals surface area (Å²) in [5.74, 6) is -2.59. The molecule has 1 amide bonds. The Morgan fingerprint density at radius 2 is 1.53 bits per heavy atom. The zero-order chi connectivity index (χ0) is 21.8. The normalized spacial score (nSPS) is 10.3. The van der Waals surface area contributed by atoms with Gasteiger partial charge in [0.15, 0.2) is 5.78 Å². The van der Waals surface area contributed by atoms with Gasteiger partial charge in [-0.1, -0.05) is 29.8 Å². The molecular formula is C21H13ClN2O6. The van der Waals surface area contributed by atoms with E-state index in [1.54, 1.807) is 24.3 Å². The van der Waals surface area contributed by atoms with Crippen molar-refractivity contribution in [2.75, 3.05) is 5.32 Å². The molecule has 0 saturated heterocycles. The molecule has 0 aliphatic heterocycles. The third kappa shape index (κ3) is 4.34.